The zero-order valence-electron chi connectivity index (χ0n) is 14.6. The molecule has 1 aliphatic carbocycles. The van der Waals surface area contributed by atoms with Crippen LogP contribution in [0.1, 0.15) is 43.0 Å². The van der Waals surface area contributed by atoms with Crippen LogP contribution in [0.25, 0.3) is 11.1 Å². The minimum atomic E-state index is -0.601. The van der Waals surface area contributed by atoms with Crippen LogP contribution in [0.15, 0.2) is 36.7 Å². The van der Waals surface area contributed by atoms with Gasteiger partial charge in [-0.3, -0.25) is 9.89 Å². The number of carbonyl (C=O) groups excluding carboxylic acids is 1. The van der Waals surface area contributed by atoms with Gasteiger partial charge in [0.25, 0.3) is 5.91 Å². The molecule has 1 amide bonds. The van der Waals surface area contributed by atoms with Gasteiger partial charge in [0.2, 0.25) is 0 Å². The number of likely N-dealkylation sites (tertiary alicyclic amines) is 1. The fraction of sp³-hybridized carbons (Fsp3) is 0.500. The standard InChI is InChI=1S/C20H25N3O2/c1-2-20(25)8-4-7-16-12-23(13-18(16)20)19(24)15-6-3-5-14(9-15)17-10-21-22-11-17/h3,5-6,9-11,16,18,25H,2,4,7-8,12-13H2,1H3,(H,21,22)/t16-,18+,20-/m0/s1. The maximum absolute atomic E-state index is 13.0. The van der Waals surface area contributed by atoms with Crippen LogP contribution in [0.3, 0.4) is 0 Å². The predicted octanol–water partition coefficient (Wildman–Crippen LogP) is 3.09. The number of hydrogen-bond acceptors (Lipinski definition) is 3. The second-order valence-corrected chi connectivity index (χ2v) is 7.49. The minimum absolute atomic E-state index is 0.0678. The van der Waals surface area contributed by atoms with Crippen molar-refractivity contribution in [2.45, 2.75) is 38.2 Å². The summed E-state index contributed by atoms with van der Waals surface area (Å²) < 4.78 is 0. The van der Waals surface area contributed by atoms with Crippen LogP contribution in [0.4, 0.5) is 0 Å². The first-order valence-electron chi connectivity index (χ1n) is 9.21. The van der Waals surface area contributed by atoms with E-state index < -0.39 is 5.60 Å². The Morgan fingerprint density at radius 2 is 2.28 bits per heavy atom. The average Bonchev–Trinajstić information content (AvgIpc) is 3.32. The third kappa shape index (κ3) is 2.86. The summed E-state index contributed by atoms with van der Waals surface area (Å²) in [7, 11) is 0. The Balaban J connectivity index is 1.55. The lowest BCUT2D eigenvalue weighted by Crippen LogP contribution is -2.44. The maximum atomic E-state index is 13.0. The Morgan fingerprint density at radius 1 is 1.40 bits per heavy atom. The van der Waals surface area contributed by atoms with Gasteiger partial charge in [0.05, 0.1) is 11.8 Å². The molecule has 1 aliphatic heterocycles. The van der Waals surface area contributed by atoms with Crippen LogP contribution in [-0.4, -0.2) is 44.8 Å². The summed E-state index contributed by atoms with van der Waals surface area (Å²) >= 11 is 0. The van der Waals surface area contributed by atoms with E-state index in [0.717, 1.165) is 43.4 Å². The van der Waals surface area contributed by atoms with Crippen LogP contribution in [-0.2, 0) is 0 Å². The number of aromatic amines is 1. The molecule has 0 unspecified atom stereocenters. The van der Waals surface area contributed by atoms with E-state index >= 15 is 0 Å². The number of aromatic nitrogens is 2. The summed E-state index contributed by atoms with van der Waals surface area (Å²) in [4.78, 5) is 15.0. The molecular formula is C20H25N3O2. The van der Waals surface area contributed by atoms with Crippen molar-refractivity contribution in [2.24, 2.45) is 11.8 Å². The Morgan fingerprint density at radius 3 is 3.04 bits per heavy atom. The SMILES string of the molecule is CC[C@]1(O)CCC[C@H]2CN(C(=O)c3cccc(-c4cn[nH]c4)c3)C[C@H]21. The van der Waals surface area contributed by atoms with Gasteiger partial charge in [-0.15, -0.1) is 0 Å². The highest BCUT2D eigenvalue weighted by molar-refractivity contribution is 5.95. The molecule has 5 nitrogen and oxygen atoms in total. The van der Waals surface area contributed by atoms with Gasteiger partial charge in [0.1, 0.15) is 0 Å². The predicted molar refractivity (Wildman–Crippen MR) is 96.0 cm³/mol. The minimum Gasteiger partial charge on any atom is -0.390 e. The van der Waals surface area contributed by atoms with Gasteiger partial charge in [-0.25, -0.2) is 0 Å². The molecule has 2 aromatic rings. The molecule has 2 fully saturated rings. The maximum Gasteiger partial charge on any atom is 0.253 e. The lowest BCUT2D eigenvalue weighted by Gasteiger charge is -2.40. The first kappa shape index (κ1) is 16.3. The summed E-state index contributed by atoms with van der Waals surface area (Å²) in [5.74, 6) is 0.713. The number of rotatable bonds is 3. The Hall–Kier alpha value is -2.14. The van der Waals surface area contributed by atoms with Gasteiger partial charge in [0, 0.05) is 36.3 Å². The number of amides is 1. The topological polar surface area (TPSA) is 69.2 Å². The number of nitrogens with zero attached hydrogens (tertiary/aromatic N) is 2. The van der Waals surface area contributed by atoms with Crippen molar-refractivity contribution in [3.63, 3.8) is 0 Å². The number of aliphatic hydroxyl groups is 1. The van der Waals surface area contributed by atoms with Crippen molar-refractivity contribution < 1.29 is 9.90 Å². The highest BCUT2D eigenvalue weighted by Gasteiger charge is 2.48. The van der Waals surface area contributed by atoms with Crippen molar-refractivity contribution in [1.82, 2.24) is 15.1 Å². The normalized spacial score (nSPS) is 28.8. The molecule has 1 aromatic heterocycles. The van der Waals surface area contributed by atoms with Gasteiger partial charge < -0.3 is 10.0 Å². The fourth-order valence-corrected chi connectivity index (χ4v) is 4.66. The lowest BCUT2D eigenvalue weighted by atomic mass is 9.69. The zero-order chi connectivity index (χ0) is 17.4. The van der Waals surface area contributed by atoms with Gasteiger partial charge in [0.15, 0.2) is 0 Å². The summed E-state index contributed by atoms with van der Waals surface area (Å²) in [5.41, 5.74) is 2.07. The van der Waals surface area contributed by atoms with E-state index in [9.17, 15) is 9.90 Å². The molecule has 1 saturated heterocycles. The molecule has 25 heavy (non-hydrogen) atoms. The number of nitrogens with one attached hydrogen (secondary N) is 1. The lowest BCUT2D eigenvalue weighted by molar-refractivity contribution is -0.0609. The number of carbonyl (C=O) groups is 1. The van der Waals surface area contributed by atoms with Crippen LogP contribution in [0.5, 0.6) is 0 Å². The van der Waals surface area contributed by atoms with Crippen LogP contribution in [0, 0.1) is 11.8 Å². The first-order valence-corrected chi connectivity index (χ1v) is 9.21. The number of H-pyrrole nitrogens is 1. The summed E-state index contributed by atoms with van der Waals surface area (Å²) in [6, 6.07) is 7.71. The molecule has 4 rings (SSSR count). The summed E-state index contributed by atoms with van der Waals surface area (Å²) in [5, 5.41) is 17.7. The van der Waals surface area contributed by atoms with E-state index in [2.05, 4.69) is 17.1 Å². The molecule has 1 aromatic carbocycles. The molecular weight excluding hydrogens is 314 g/mol. The molecule has 132 valence electrons. The van der Waals surface area contributed by atoms with Gasteiger partial charge in [-0.05, 0) is 42.9 Å². The highest BCUT2D eigenvalue weighted by Crippen LogP contribution is 2.44. The summed E-state index contributed by atoms with van der Waals surface area (Å²) in [6.07, 6.45) is 7.40. The van der Waals surface area contributed by atoms with Gasteiger partial charge in [-0.2, -0.15) is 5.10 Å². The van der Waals surface area contributed by atoms with E-state index in [1.807, 2.05) is 35.4 Å². The quantitative estimate of drug-likeness (QED) is 0.903. The second-order valence-electron chi connectivity index (χ2n) is 7.49. The Kier molecular flexibility index (Phi) is 4.12. The number of fused-ring (bicyclic) bond motifs is 1. The van der Waals surface area contributed by atoms with Gasteiger partial charge in [-0.1, -0.05) is 25.5 Å². The Bertz CT molecular complexity index is 758. The van der Waals surface area contributed by atoms with Crippen molar-refractivity contribution >= 4 is 5.91 Å². The molecule has 1 saturated carbocycles. The van der Waals surface area contributed by atoms with Crippen LogP contribution < -0.4 is 0 Å². The van der Waals surface area contributed by atoms with E-state index in [-0.39, 0.29) is 11.8 Å². The average molecular weight is 339 g/mol. The molecule has 2 aliphatic rings. The third-order valence-electron chi connectivity index (χ3n) is 6.16. The van der Waals surface area contributed by atoms with E-state index in [0.29, 0.717) is 18.0 Å². The van der Waals surface area contributed by atoms with Crippen molar-refractivity contribution in [3.05, 3.63) is 42.2 Å². The first-order chi connectivity index (χ1) is 12.1. The van der Waals surface area contributed by atoms with Gasteiger partial charge >= 0.3 is 0 Å². The highest BCUT2D eigenvalue weighted by atomic mass is 16.3. The van der Waals surface area contributed by atoms with Crippen LogP contribution >= 0.6 is 0 Å². The molecule has 2 heterocycles. The monoisotopic (exact) mass is 339 g/mol. The van der Waals surface area contributed by atoms with Crippen LogP contribution in [0.2, 0.25) is 0 Å². The Labute approximate surface area is 148 Å². The number of hydrogen-bond donors (Lipinski definition) is 2. The number of benzene rings is 1. The molecule has 0 radical (unpaired) electrons. The van der Waals surface area contributed by atoms with E-state index in [1.165, 1.54) is 0 Å². The summed E-state index contributed by atoms with van der Waals surface area (Å²) in [6.45, 7) is 3.49. The van der Waals surface area contributed by atoms with Crippen molar-refractivity contribution in [3.8, 4) is 11.1 Å². The molecule has 0 spiro atoms. The molecule has 3 atom stereocenters. The molecule has 0 bridgehead atoms. The largest absolute Gasteiger partial charge is 0.390 e. The smallest absolute Gasteiger partial charge is 0.253 e. The third-order valence-corrected chi connectivity index (χ3v) is 6.16. The van der Waals surface area contributed by atoms with Crippen molar-refractivity contribution in [1.29, 1.82) is 0 Å². The zero-order valence-corrected chi connectivity index (χ0v) is 14.6. The molecule has 5 heteroatoms. The van der Waals surface area contributed by atoms with E-state index in [1.54, 1.807) is 6.20 Å². The van der Waals surface area contributed by atoms with E-state index in [4.69, 9.17) is 0 Å². The van der Waals surface area contributed by atoms with Crippen molar-refractivity contribution in [2.75, 3.05) is 13.1 Å². The molecule has 2 N–H and O–H groups in total. The second kappa shape index (κ2) is 6.30. The fourth-order valence-electron chi connectivity index (χ4n) is 4.66.